The molecule has 0 aromatic heterocycles. The lowest BCUT2D eigenvalue weighted by atomic mass is 10.0. The maximum atomic E-state index is 12.7. The molecule has 0 bridgehead atoms. The molecule has 3 atom stereocenters. The Morgan fingerprint density at radius 2 is 1.70 bits per heavy atom. The molecule has 106 valence electrons. The second-order valence-corrected chi connectivity index (χ2v) is 7.22. The van der Waals surface area contributed by atoms with Crippen molar-refractivity contribution >= 4 is 26.7 Å². The lowest BCUT2D eigenvalue weighted by molar-refractivity contribution is 0.612. The predicted octanol–water partition coefficient (Wildman–Crippen LogP) is 4.04. The van der Waals surface area contributed by atoms with Crippen LogP contribution in [-0.2, 0) is 10.8 Å². The minimum absolute atomic E-state index is 0.0847. The fraction of sp³-hybridized carbons (Fsp3) is 0.250. The van der Waals surface area contributed by atoms with Gasteiger partial charge < -0.3 is 5.73 Å². The molecule has 0 aliphatic carbocycles. The molecule has 2 aromatic carbocycles. The summed E-state index contributed by atoms with van der Waals surface area (Å²) in [5, 5.41) is -0.0847. The van der Waals surface area contributed by atoms with Crippen LogP contribution in [0.3, 0.4) is 0 Å². The second kappa shape index (κ2) is 7.16. The number of hydrogen-bond donors (Lipinski definition) is 1. The highest BCUT2D eigenvalue weighted by Gasteiger charge is 2.24. The van der Waals surface area contributed by atoms with E-state index in [1.807, 2.05) is 61.5 Å². The smallest absolute Gasteiger partial charge is 0.0584 e. The van der Waals surface area contributed by atoms with Gasteiger partial charge in [0.25, 0.3) is 0 Å². The van der Waals surface area contributed by atoms with E-state index in [2.05, 4.69) is 15.9 Å². The van der Waals surface area contributed by atoms with E-state index in [1.54, 1.807) is 0 Å². The van der Waals surface area contributed by atoms with Crippen LogP contribution in [0.5, 0.6) is 0 Å². The molecule has 4 heteroatoms. The largest absolute Gasteiger partial charge is 0.323 e. The quantitative estimate of drug-likeness (QED) is 0.883. The summed E-state index contributed by atoms with van der Waals surface area (Å²) in [4.78, 5) is 0.825. The second-order valence-electron chi connectivity index (χ2n) is 4.63. The average molecular weight is 352 g/mol. The summed E-state index contributed by atoms with van der Waals surface area (Å²) in [6, 6.07) is 17.3. The average Bonchev–Trinajstić information content (AvgIpc) is 2.49. The first-order valence-electron chi connectivity index (χ1n) is 6.60. The Morgan fingerprint density at radius 3 is 2.25 bits per heavy atom. The highest BCUT2D eigenvalue weighted by Crippen LogP contribution is 2.25. The molecule has 0 amide bonds. The van der Waals surface area contributed by atoms with Gasteiger partial charge in [0, 0.05) is 15.4 Å². The van der Waals surface area contributed by atoms with Gasteiger partial charge in [-0.25, -0.2) is 0 Å². The summed E-state index contributed by atoms with van der Waals surface area (Å²) in [6.45, 7) is 2.03. The topological polar surface area (TPSA) is 43.1 Å². The van der Waals surface area contributed by atoms with Gasteiger partial charge >= 0.3 is 0 Å². The molecule has 0 radical (unpaired) electrons. The van der Waals surface area contributed by atoms with Gasteiger partial charge in [-0.3, -0.25) is 4.21 Å². The summed E-state index contributed by atoms with van der Waals surface area (Å²) < 4.78 is 13.7. The Hall–Kier alpha value is -0.970. The Bertz CT molecular complexity index is 571. The van der Waals surface area contributed by atoms with Crippen molar-refractivity contribution in [1.82, 2.24) is 0 Å². The number of halogens is 1. The van der Waals surface area contributed by atoms with E-state index in [4.69, 9.17) is 5.73 Å². The number of rotatable bonds is 5. The van der Waals surface area contributed by atoms with Crippen molar-refractivity contribution in [2.24, 2.45) is 5.73 Å². The van der Waals surface area contributed by atoms with Crippen LogP contribution in [-0.4, -0.2) is 9.46 Å². The van der Waals surface area contributed by atoms with E-state index < -0.39 is 10.8 Å². The summed E-state index contributed by atoms with van der Waals surface area (Å²) >= 11 is 3.39. The van der Waals surface area contributed by atoms with Crippen LogP contribution in [0.2, 0.25) is 0 Å². The highest BCUT2D eigenvalue weighted by atomic mass is 79.9. The molecule has 3 unspecified atom stereocenters. The van der Waals surface area contributed by atoms with Crippen LogP contribution in [0, 0.1) is 0 Å². The van der Waals surface area contributed by atoms with Crippen LogP contribution < -0.4 is 5.73 Å². The fourth-order valence-corrected chi connectivity index (χ4v) is 3.92. The Labute approximate surface area is 131 Å². The minimum atomic E-state index is -1.11. The maximum Gasteiger partial charge on any atom is 0.0584 e. The molecule has 0 aliphatic heterocycles. The van der Waals surface area contributed by atoms with Crippen LogP contribution in [0.4, 0.5) is 0 Å². The third-order valence-corrected chi connectivity index (χ3v) is 5.75. The van der Waals surface area contributed by atoms with Crippen molar-refractivity contribution in [2.75, 3.05) is 0 Å². The lowest BCUT2D eigenvalue weighted by Gasteiger charge is -2.22. The van der Waals surface area contributed by atoms with Gasteiger partial charge in [-0.1, -0.05) is 53.2 Å². The molecular weight excluding hydrogens is 334 g/mol. The number of nitrogens with two attached hydrogens (primary N) is 1. The number of hydrogen-bond acceptors (Lipinski definition) is 2. The molecule has 0 aliphatic rings. The third-order valence-electron chi connectivity index (χ3n) is 3.31. The summed E-state index contributed by atoms with van der Waals surface area (Å²) in [5.74, 6) is 0. The first-order valence-corrected chi connectivity index (χ1v) is 8.60. The monoisotopic (exact) mass is 351 g/mol. The van der Waals surface area contributed by atoms with Gasteiger partial charge in [-0.15, -0.1) is 0 Å². The van der Waals surface area contributed by atoms with Crippen LogP contribution >= 0.6 is 15.9 Å². The van der Waals surface area contributed by atoms with Crippen molar-refractivity contribution < 1.29 is 4.21 Å². The normalized spacial score (nSPS) is 15.6. The lowest BCUT2D eigenvalue weighted by Crippen LogP contribution is -2.29. The van der Waals surface area contributed by atoms with E-state index in [1.165, 1.54) is 0 Å². The van der Waals surface area contributed by atoms with Crippen molar-refractivity contribution in [3.05, 3.63) is 64.6 Å². The van der Waals surface area contributed by atoms with Gasteiger partial charge in [0.05, 0.1) is 16.0 Å². The predicted molar refractivity (Wildman–Crippen MR) is 88.0 cm³/mol. The van der Waals surface area contributed by atoms with E-state index >= 15 is 0 Å². The zero-order chi connectivity index (χ0) is 14.5. The van der Waals surface area contributed by atoms with E-state index in [0.29, 0.717) is 0 Å². The van der Waals surface area contributed by atoms with Crippen molar-refractivity contribution in [1.29, 1.82) is 0 Å². The summed E-state index contributed by atoms with van der Waals surface area (Å²) in [7, 11) is -1.11. The molecule has 0 heterocycles. The van der Waals surface area contributed by atoms with Gasteiger partial charge in [-0.2, -0.15) is 0 Å². The maximum absolute atomic E-state index is 12.7. The molecule has 2 N–H and O–H groups in total. The SMILES string of the molecule is CCC(C(N)c1ccccc1)S(=O)c1ccc(Br)cc1. The van der Waals surface area contributed by atoms with Crippen molar-refractivity contribution in [2.45, 2.75) is 29.5 Å². The molecule has 0 fully saturated rings. The van der Waals surface area contributed by atoms with Gasteiger partial charge in [0.15, 0.2) is 0 Å². The molecule has 0 saturated carbocycles. The van der Waals surface area contributed by atoms with Crippen molar-refractivity contribution in [3.8, 4) is 0 Å². The number of benzene rings is 2. The summed E-state index contributed by atoms with van der Waals surface area (Å²) in [6.07, 6.45) is 0.777. The first kappa shape index (κ1) is 15.4. The molecule has 0 spiro atoms. The third kappa shape index (κ3) is 3.57. The standard InChI is InChI=1S/C16H18BrNOS/c1-2-15(16(18)12-6-4-3-5-7-12)20(19)14-10-8-13(17)9-11-14/h3-11,15-16H,2,18H2,1H3. The van der Waals surface area contributed by atoms with E-state index in [-0.39, 0.29) is 11.3 Å². The Balaban J connectivity index is 2.23. The van der Waals surface area contributed by atoms with Gasteiger partial charge in [0.2, 0.25) is 0 Å². The van der Waals surface area contributed by atoms with Crippen LogP contribution in [0.15, 0.2) is 64.0 Å². The zero-order valence-corrected chi connectivity index (χ0v) is 13.7. The molecule has 20 heavy (non-hydrogen) atoms. The highest BCUT2D eigenvalue weighted by molar-refractivity contribution is 9.10. The molecule has 2 aromatic rings. The van der Waals surface area contributed by atoms with Gasteiger partial charge in [0.1, 0.15) is 0 Å². The molecule has 2 nitrogen and oxygen atoms in total. The summed E-state index contributed by atoms with van der Waals surface area (Å²) in [5.41, 5.74) is 7.35. The molecule has 2 rings (SSSR count). The van der Waals surface area contributed by atoms with Crippen molar-refractivity contribution in [3.63, 3.8) is 0 Å². The zero-order valence-electron chi connectivity index (χ0n) is 11.3. The fourth-order valence-electron chi connectivity index (χ4n) is 2.17. The van der Waals surface area contributed by atoms with Gasteiger partial charge in [-0.05, 0) is 36.2 Å². The first-order chi connectivity index (χ1) is 9.63. The van der Waals surface area contributed by atoms with E-state index in [9.17, 15) is 4.21 Å². The van der Waals surface area contributed by atoms with Crippen LogP contribution in [0.25, 0.3) is 0 Å². The molecule has 0 saturated heterocycles. The Kier molecular flexibility index (Phi) is 5.52. The Morgan fingerprint density at radius 1 is 1.10 bits per heavy atom. The minimum Gasteiger partial charge on any atom is -0.323 e. The molecular formula is C16H18BrNOS. The van der Waals surface area contributed by atoms with E-state index in [0.717, 1.165) is 21.4 Å². The van der Waals surface area contributed by atoms with Crippen LogP contribution in [0.1, 0.15) is 24.9 Å².